The quantitative estimate of drug-likeness (QED) is 0.729. The van der Waals surface area contributed by atoms with E-state index in [1.54, 1.807) is 6.08 Å². The predicted molar refractivity (Wildman–Crippen MR) is 70.7 cm³/mol. The van der Waals surface area contributed by atoms with E-state index in [0.717, 1.165) is 5.56 Å². The monoisotopic (exact) mass is 230 g/mol. The molecule has 0 fully saturated rings. The highest BCUT2D eigenvalue weighted by molar-refractivity contribution is 5.26. The van der Waals surface area contributed by atoms with E-state index in [4.69, 9.17) is 4.74 Å². The first-order valence-electron chi connectivity index (χ1n) is 5.45. The molecule has 0 radical (unpaired) electrons. The molecule has 17 heavy (non-hydrogen) atoms. The van der Waals surface area contributed by atoms with Crippen molar-refractivity contribution in [3.8, 4) is 0 Å². The molecule has 0 unspecified atom stereocenters. The maximum absolute atomic E-state index is 10.4. The van der Waals surface area contributed by atoms with Gasteiger partial charge in [0, 0.05) is 0 Å². The molecule has 0 bridgehead atoms. The minimum Gasteiger partial charge on any atom is -0.379 e. The van der Waals surface area contributed by atoms with Gasteiger partial charge in [0.1, 0.15) is 11.7 Å². The maximum Gasteiger partial charge on any atom is 0.131 e. The molecule has 1 aromatic carbocycles. The second-order valence-electron chi connectivity index (χ2n) is 3.71. The van der Waals surface area contributed by atoms with Crippen molar-refractivity contribution in [1.29, 1.82) is 0 Å². The number of hydrogen-bond donors (Lipinski definition) is 1. The molecular weight excluding hydrogens is 212 g/mol. The van der Waals surface area contributed by atoms with Crippen LogP contribution in [0.15, 0.2) is 68.3 Å². The highest BCUT2D eigenvalue weighted by atomic mass is 16.5. The second kappa shape index (κ2) is 6.18. The zero-order valence-corrected chi connectivity index (χ0v) is 9.88. The first-order chi connectivity index (χ1) is 8.18. The van der Waals surface area contributed by atoms with Crippen LogP contribution in [0.3, 0.4) is 0 Å². The van der Waals surface area contributed by atoms with Gasteiger partial charge in [-0.1, -0.05) is 61.7 Å². The van der Waals surface area contributed by atoms with Crippen LogP contribution in [0.25, 0.3) is 0 Å². The number of rotatable bonds is 7. The van der Waals surface area contributed by atoms with Crippen LogP contribution >= 0.6 is 0 Å². The fraction of sp³-hybridized carbons (Fsp3) is 0.200. The van der Waals surface area contributed by atoms with E-state index >= 15 is 0 Å². The molecule has 1 rings (SSSR count). The van der Waals surface area contributed by atoms with Gasteiger partial charge in [0.15, 0.2) is 0 Å². The zero-order valence-electron chi connectivity index (χ0n) is 9.88. The summed E-state index contributed by atoms with van der Waals surface area (Å²) in [6.45, 7) is 11.2. The van der Waals surface area contributed by atoms with Gasteiger partial charge in [-0.3, -0.25) is 0 Å². The fourth-order valence-electron chi connectivity index (χ4n) is 1.59. The van der Waals surface area contributed by atoms with Gasteiger partial charge < -0.3 is 9.84 Å². The lowest BCUT2D eigenvalue weighted by atomic mass is 9.91. The highest BCUT2D eigenvalue weighted by Crippen LogP contribution is 2.31. The summed E-state index contributed by atoms with van der Waals surface area (Å²) in [5, 5.41) is 10.4. The Morgan fingerprint density at radius 2 is 1.76 bits per heavy atom. The van der Waals surface area contributed by atoms with E-state index in [0.29, 0.717) is 6.61 Å². The van der Waals surface area contributed by atoms with Crippen LogP contribution in [0.1, 0.15) is 11.7 Å². The largest absolute Gasteiger partial charge is 0.379 e. The van der Waals surface area contributed by atoms with Gasteiger partial charge in [0.05, 0.1) is 6.61 Å². The lowest BCUT2D eigenvalue weighted by Gasteiger charge is -2.30. The molecule has 0 aromatic heterocycles. The van der Waals surface area contributed by atoms with Crippen LogP contribution in [-0.4, -0.2) is 17.3 Å². The topological polar surface area (TPSA) is 29.5 Å². The lowest BCUT2D eigenvalue weighted by Crippen LogP contribution is -2.33. The van der Waals surface area contributed by atoms with Crippen molar-refractivity contribution >= 4 is 0 Å². The van der Waals surface area contributed by atoms with Gasteiger partial charge in [-0.2, -0.15) is 0 Å². The zero-order chi connectivity index (χ0) is 12.7. The predicted octanol–water partition coefficient (Wildman–Crippen LogP) is 3.03. The van der Waals surface area contributed by atoms with Crippen molar-refractivity contribution < 1.29 is 9.84 Å². The summed E-state index contributed by atoms with van der Waals surface area (Å²) in [6, 6.07) is 9.49. The highest BCUT2D eigenvalue weighted by Gasteiger charge is 2.32. The fourth-order valence-corrected chi connectivity index (χ4v) is 1.59. The molecule has 0 aliphatic heterocycles. The maximum atomic E-state index is 10.4. The number of hydrogen-bond acceptors (Lipinski definition) is 2. The molecule has 1 atom stereocenters. The van der Waals surface area contributed by atoms with Crippen molar-refractivity contribution in [2.75, 3.05) is 6.61 Å². The Morgan fingerprint density at radius 3 is 2.24 bits per heavy atom. The summed E-state index contributed by atoms with van der Waals surface area (Å²) in [7, 11) is 0. The van der Waals surface area contributed by atoms with E-state index in [-0.39, 0.29) is 0 Å². The van der Waals surface area contributed by atoms with Crippen LogP contribution in [0.4, 0.5) is 0 Å². The van der Waals surface area contributed by atoms with Gasteiger partial charge in [-0.25, -0.2) is 0 Å². The minimum absolute atomic E-state index is 0.351. The van der Waals surface area contributed by atoms with Crippen LogP contribution in [-0.2, 0) is 4.74 Å². The SMILES string of the molecule is C=CCO[C@H](c1ccccc1)C(O)(C=C)C=C. The summed E-state index contributed by atoms with van der Waals surface area (Å²) < 4.78 is 5.61. The molecule has 0 aliphatic rings. The lowest BCUT2D eigenvalue weighted by molar-refractivity contribution is -0.0481. The molecule has 2 nitrogen and oxygen atoms in total. The van der Waals surface area contributed by atoms with Crippen LogP contribution in [0.2, 0.25) is 0 Å². The summed E-state index contributed by atoms with van der Waals surface area (Å²) in [5.74, 6) is 0. The minimum atomic E-state index is -1.29. The van der Waals surface area contributed by atoms with E-state index < -0.39 is 11.7 Å². The summed E-state index contributed by atoms with van der Waals surface area (Å²) >= 11 is 0. The molecule has 1 N–H and O–H groups in total. The third-order valence-electron chi connectivity index (χ3n) is 2.56. The number of ether oxygens (including phenoxy) is 1. The number of aliphatic hydroxyl groups is 1. The molecular formula is C15H18O2. The third kappa shape index (κ3) is 3.16. The van der Waals surface area contributed by atoms with Gasteiger partial charge in [0.25, 0.3) is 0 Å². The number of benzene rings is 1. The molecule has 90 valence electrons. The van der Waals surface area contributed by atoms with Crippen molar-refractivity contribution in [3.05, 3.63) is 73.9 Å². The van der Waals surface area contributed by atoms with E-state index in [1.807, 2.05) is 30.3 Å². The van der Waals surface area contributed by atoms with Crippen LogP contribution < -0.4 is 0 Å². The molecule has 1 aromatic rings. The first-order valence-corrected chi connectivity index (χ1v) is 5.45. The van der Waals surface area contributed by atoms with Crippen LogP contribution in [0, 0.1) is 0 Å². The van der Waals surface area contributed by atoms with Gasteiger partial charge in [-0.05, 0) is 5.56 Å². The Morgan fingerprint density at radius 1 is 1.18 bits per heavy atom. The van der Waals surface area contributed by atoms with E-state index in [9.17, 15) is 5.11 Å². The van der Waals surface area contributed by atoms with Crippen molar-refractivity contribution in [1.82, 2.24) is 0 Å². The van der Waals surface area contributed by atoms with Crippen LogP contribution in [0.5, 0.6) is 0 Å². The first kappa shape index (κ1) is 13.4. The third-order valence-corrected chi connectivity index (χ3v) is 2.56. The average Bonchev–Trinajstić information content (AvgIpc) is 2.40. The van der Waals surface area contributed by atoms with Gasteiger partial charge in [-0.15, -0.1) is 6.58 Å². The van der Waals surface area contributed by atoms with E-state index in [2.05, 4.69) is 19.7 Å². The van der Waals surface area contributed by atoms with Crippen molar-refractivity contribution in [2.45, 2.75) is 11.7 Å². The van der Waals surface area contributed by atoms with E-state index in [1.165, 1.54) is 12.2 Å². The molecule has 0 saturated carbocycles. The summed E-state index contributed by atoms with van der Waals surface area (Å²) in [5.41, 5.74) is -0.415. The Balaban J connectivity index is 3.07. The summed E-state index contributed by atoms with van der Waals surface area (Å²) in [4.78, 5) is 0. The van der Waals surface area contributed by atoms with Gasteiger partial charge >= 0.3 is 0 Å². The summed E-state index contributed by atoms with van der Waals surface area (Å²) in [6.07, 6.45) is 3.97. The molecule has 2 heteroatoms. The molecule has 0 aliphatic carbocycles. The second-order valence-corrected chi connectivity index (χ2v) is 3.71. The Labute approximate surface area is 103 Å². The Bertz CT molecular complexity index is 373. The Kier molecular flexibility index (Phi) is 4.88. The van der Waals surface area contributed by atoms with Crippen molar-refractivity contribution in [2.24, 2.45) is 0 Å². The standard InChI is InChI=1S/C15H18O2/c1-4-12-17-14(15(16,5-2)6-3)13-10-8-7-9-11-13/h4-11,14,16H,1-3,12H2/t14-/m1/s1. The normalized spacial score (nSPS) is 12.8. The van der Waals surface area contributed by atoms with Crippen molar-refractivity contribution in [3.63, 3.8) is 0 Å². The smallest absolute Gasteiger partial charge is 0.131 e. The molecule has 0 amide bonds. The Hall–Kier alpha value is -1.64. The molecule has 0 heterocycles. The molecule has 0 saturated heterocycles. The molecule has 0 spiro atoms. The average molecular weight is 230 g/mol. The van der Waals surface area contributed by atoms with Gasteiger partial charge in [0.2, 0.25) is 0 Å².